The Labute approximate surface area is 389 Å². The van der Waals surface area contributed by atoms with Gasteiger partial charge in [0.15, 0.2) is 0 Å². The van der Waals surface area contributed by atoms with Gasteiger partial charge in [0.25, 0.3) is 0 Å². The Morgan fingerprint density at radius 3 is 0.515 bits per heavy atom. The zero-order valence-electron chi connectivity index (χ0n) is 38.7. The Hall–Kier alpha value is -6.12. The first-order valence-corrected chi connectivity index (χ1v) is 22.8. The van der Waals surface area contributed by atoms with E-state index in [9.17, 15) is 0 Å². The highest BCUT2D eigenvalue weighted by atomic mass is 16.5. The maximum absolute atomic E-state index is 6.14. The molecule has 0 amide bonds. The van der Waals surface area contributed by atoms with E-state index < -0.39 is 0 Å². The molecule has 0 N–H and O–H groups in total. The molecule has 6 aromatic carbocycles. The van der Waals surface area contributed by atoms with Crippen LogP contribution < -0.4 is 28.4 Å². The molecule has 0 unspecified atom stereocenters. The number of nitrogens with zero attached hydrogens (tertiary/aromatic N) is 6. The SMILES string of the molecule is COc1ccccc1CN1C2C3N(Cc4ccccc4OC)C1C1N(Cc4ccccc4OC)C(C(N1Cc1ccccc1OC)N3Cc1ccccc1OC)N2Cc1ccccc1OC. The maximum atomic E-state index is 6.14. The molecule has 5 fully saturated rings. The van der Waals surface area contributed by atoms with Crippen molar-refractivity contribution < 1.29 is 28.4 Å². The molecule has 0 atom stereocenters. The van der Waals surface area contributed by atoms with E-state index in [2.05, 4.69) is 175 Å². The third-order valence-corrected chi connectivity index (χ3v) is 14.2. The van der Waals surface area contributed by atoms with Gasteiger partial charge in [0.2, 0.25) is 0 Å². The van der Waals surface area contributed by atoms with Crippen molar-refractivity contribution >= 4 is 0 Å². The topological polar surface area (TPSA) is 74.8 Å². The molecule has 12 heteroatoms. The van der Waals surface area contributed by atoms with E-state index in [-0.39, 0.29) is 37.0 Å². The Morgan fingerprint density at radius 1 is 0.242 bits per heavy atom. The smallest absolute Gasteiger partial charge is 0.123 e. The number of para-hydroxylation sites is 6. The molecule has 11 rings (SSSR count). The normalized spacial score (nSPS) is 23.0. The largest absolute Gasteiger partial charge is 0.496 e. The predicted molar refractivity (Wildman–Crippen MR) is 254 cm³/mol. The average Bonchev–Trinajstić information content (AvgIpc) is 3.79. The van der Waals surface area contributed by atoms with Gasteiger partial charge < -0.3 is 28.4 Å². The molecular weight excluding hydrogens is 829 g/mol. The standard InChI is InChI=1S/C54H60N6O6/c1-61-43-25-13-7-19-37(43)31-55-49-50-56(32-38-20-8-14-26-44(38)62-2)53(55)54-57(33-39-21-9-15-27-45(39)63-3)51(59(49)35-41-23-11-17-29-47(41)65-5)52(58(54)34-40-22-10-16-28-46(40)64-4)60(50)36-42-24-12-18-30-48(42)66-6/h7-30,49-54H,31-36H2,1-6H3. The van der Waals surface area contributed by atoms with E-state index in [4.69, 9.17) is 28.4 Å². The van der Waals surface area contributed by atoms with Crippen LogP contribution in [0.1, 0.15) is 33.4 Å². The summed E-state index contributed by atoms with van der Waals surface area (Å²) in [6.07, 6.45) is -0.694. The molecule has 5 aliphatic heterocycles. The fourth-order valence-corrected chi connectivity index (χ4v) is 11.4. The Morgan fingerprint density at radius 2 is 0.379 bits per heavy atom. The first kappa shape index (κ1) is 43.8. The van der Waals surface area contributed by atoms with Gasteiger partial charge in [-0.1, -0.05) is 109 Å². The minimum atomic E-state index is -0.142. The van der Waals surface area contributed by atoms with Crippen LogP contribution in [0, 0.1) is 0 Å². The zero-order chi connectivity index (χ0) is 45.3. The molecule has 0 radical (unpaired) electrons. The van der Waals surface area contributed by atoms with Crippen LogP contribution in [-0.4, -0.2) is 109 Å². The molecule has 342 valence electrons. The lowest BCUT2D eigenvalue weighted by molar-refractivity contribution is -0.166. The first-order valence-electron chi connectivity index (χ1n) is 22.8. The molecule has 66 heavy (non-hydrogen) atoms. The molecule has 5 aliphatic rings. The Kier molecular flexibility index (Phi) is 12.6. The van der Waals surface area contributed by atoms with Crippen LogP contribution >= 0.6 is 0 Å². The van der Waals surface area contributed by atoms with Gasteiger partial charge in [-0.25, -0.2) is 0 Å². The second kappa shape index (κ2) is 19.0. The molecular formula is C54H60N6O6. The summed E-state index contributed by atoms with van der Waals surface area (Å²) < 4.78 is 36.8. The number of methoxy groups -OCH3 is 6. The lowest BCUT2D eigenvalue weighted by atomic mass is 10.0. The van der Waals surface area contributed by atoms with Crippen molar-refractivity contribution in [3.8, 4) is 34.5 Å². The van der Waals surface area contributed by atoms with Gasteiger partial charge >= 0.3 is 0 Å². The average molecular weight is 889 g/mol. The maximum Gasteiger partial charge on any atom is 0.123 e. The van der Waals surface area contributed by atoms with Gasteiger partial charge in [-0.2, -0.15) is 0 Å². The minimum Gasteiger partial charge on any atom is -0.496 e. The lowest BCUT2D eigenvalue weighted by Crippen LogP contribution is -2.73. The summed E-state index contributed by atoms with van der Waals surface area (Å²) in [4.78, 5) is 16.6. The molecule has 6 aromatic rings. The summed E-state index contributed by atoms with van der Waals surface area (Å²) >= 11 is 0. The summed E-state index contributed by atoms with van der Waals surface area (Å²) in [7, 11) is 10.6. The Bertz CT molecular complexity index is 2330. The highest BCUT2D eigenvalue weighted by Gasteiger charge is 2.71. The van der Waals surface area contributed by atoms with Crippen LogP contribution in [0.2, 0.25) is 0 Å². The van der Waals surface area contributed by atoms with E-state index in [0.717, 1.165) is 67.9 Å². The van der Waals surface area contributed by atoms with Gasteiger partial charge in [0, 0.05) is 72.6 Å². The van der Waals surface area contributed by atoms with Crippen molar-refractivity contribution in [1.82, 2.24) is 29.4 Å². The lowest BCUT2D eigenvalue weighted by Gasteiger charge is -2.56. The van der Waals surface area contributed by atoms with Crippen LogP contribution in [0.25, 0.3) is 0 Å². The van der Waals surface area contributed by atoms with E-state index in [0.29, 0.717) is 39.3 Å². The summed E-state index contributed by atoms with van der Waals surface area (Å²) in [5.41, 5.74) is 6.78. The number of hydrogen-bond donors (Lipinski definition) is 0. The van der Waals surface area contributed by atoms with Crippen molar-refractivity contribution in [2.75, 3.05) is 42.7 Å². The van der Waals surface area contributed by atoms with E-state index in [1.54, 1.807) is 42.7 Å². The highest BCUT2D eigenvalue weighted by Crippen LogP contribution is 2.55. The van der Waals surface area contributed by atoms with Crippen molar-refractivity contribution in [1.29, 1.82) is 0 Å². The molecule has 5 heterocycles. The molecule has 0 aromatic heterocycles. The number of ether oxygens (including phenoxy) is 6. The quantitative estimate of drug-likeness (QED) is 0.0839. The van der Waals surface area contributed by atoms with Gasteiger partial charge in [0.1, 0.15) is 34.5 Å². The van der Waals surface area contributed by atoms with Crippen LogP contribution in [0.15, 0.2) is 146 Å². The second-order valence-corrected chi connectivity index (χ2v) is 17.4. The predicted octanol–water partition coefficient (Wildman–Crippen LogP) is 8.06. The third-order valence-electron chi connectivity index (χ3n) is 14.2. The summed E-state index contributed by atoms with van der Waals surface area (Å²) in [6.45, 7) is 3.85. The summed E-state index contributed by atoms with van der Waals surface area (Å²) in [5, 5.41) is 0. The third kappa shape index (κ3) is 7.71. The van der Waals surface area contributed by atoms with Crippen molar-refractivity contribution in [2.45, 2.75) is 76.3 Å². The molecule has 0 spiro atoms. The molecule has 12 nitrogen and oxygen atoms in total. The number of hydrogen-bond acceptors (Lipinski definition) is 12. The van der Waals surface area contributed by atoms with Crippen molar-refractivity contribution in [3.05, 3.63) is 179 Å². The summed E-state index contributed by atoms with van der Waals surface area (Å²) in [5.74, 6) is 5.21. The van der Waals surface area contributed by atoms with Crippen LogP contribution in [0.3, 0.4) is 0 Å². The van der Waals surface area contributed by atoms with Gasteiger partial charge in [-0.15, -0.1) is 0 Å². The van der Waals surface area contributed by atoms with Gasteiger partial charge in [0.05, 0.1) is 79.7 Å². The number of piperazine rings is 1. The van der Waals surface area contributed by atoms with Crippen LogP contribution in [0.4, 0.5) is 0 Å². The molecule has 5 saturated heterocycles. The van der Waals surface area contributed by atoms with E-state index in [1.165, 1.54) is 0 Å². The minimum absolute atomic E-state index is 0.103. The Balaban J connectivity index is 1.26. The fraction of sp³-hybridized carbons (Fsp3) is 0.333. The van der Waals surface area contributed by atoms with E-state index >= 15 is 0 Å². The second-order valence-electron chi connectivity index (χ2n) is 17.4. The zero-order valence-corrected chi connectivity index (χ0v) is 38.7. The summed E-state index contributed by atoms with van der Waals surface area (Å²) in [6, 6.07) is 50.8. The first-order chi connectivity index (χ1) is 32.5. The number of benzene rings is 6. The number of rotatable bonds is 18. The highest BCUT2D eigenvalue weighted by molar-refractivity contribution is 5.40. The monoisotopic (exact) mass is 888 g/mol. The van der Waals surface area contributed by atoms with Crippen LogP contribution in [0.5, 0.6) is 34.5 Å². The molecule has 0 aliphatic carbocycles. The van der Waals surface area contributed by atoms with Crippen molar-refractivity contribution in [2.24, 2.45) is 0 Å². The van der Waals surface area contributed by atoms with Crippen LogP contribution in [-0.2, 0) is 39.3 Å². The van der Waals surface area contributed by atoms with Gasteiger partial charge in [-0.05, 0) is 36.4 Å². The molecule has 6 bridgehead atoms. The molecule has 0 saturated carbocycles. The van der Waals surface area contributed by atoms with Gasteiger partial charge in [-0.3, -0.25) is 29.4 Å². The van der Waals surface area contributed by atoms with E-state index in [1.807, 2.05) is 0 Å². The van der Waals surface area contributed by atoms with Crippen molar-refractivity contribution in [3.63, 3.8) is 0 Å². The fourth-order valence-electron chi connectivity index (χ4n) is 11.4.